The van der Waals surface area contributed by atoms with E-state index in [1.807, 2.05) is 6.07 Å². The molecule has 30 heavy (non-hydrogen) atoms. The smallest absolute Gasteiger partial charge is 0.325 e. The van der Waals surface area contributed by atoms with Crippen molar-refractivity contribution in [2.45, 2.75) is 26.3 Å². The molecule has 2 aromatic rings. The molecule has 7 nitrogen and oxygen atoms in total. The van der Waals surface area contributed by atoms with E-state index in [1.54, 1.807) is 42.5 Å². The summed E-state index contributed by atoms with van der Waals surface area (Å²) in [6, 6.07) is 13.7. The number of unbranched alkanes of at least 4 members (excludes halogenated alkanes) is 1. The van der Waals surface area contributed by atoms with Gasteiger partial charge in [-0.2, -0.15) is 0 Å². The van der Waals surface area contributed by atoms with Crippen molar-refractivity contribution in [2.75, 3.05) is 19.8 Å². The van der Waals surface area contributed by atoms with Crippen LogP contribution in [0.2, 0.25) is 5.02 Å². The van der Waals surface area contributed by atoms with E-state index in [2.05, 4.69) is 17.6 Å². The minimum absolute atomic E-state index is 0.270. The summed E-state index contributed by atoms with van der Waals surface area (Å²) < 4.78 is 10.4. The monoisotopic (exact) mass is 432 g/mol. The summed E-state index contributed by atoms with van der Waals surface area (Å²) in [7, 11) is 0. The van der Waals surface area contributed by atoms with Gasteiger partial charge in [-0.25, -0.2) is 0 Å². The van der Waals surface area contributed by atoms with Gasteiger partial charge in [0, 0.05) is 17.1 Å². The molecule has 0 aliphatic carbocycles. The zero-order valence-electron chi connectivity index (χ0n) is 16.8. The Labute approximate surface area is 180 Å². The minimum atomic E-state index is -0.708. The Morgan fingerprint density at radius 3 is 2.50 bits per heavy atom. The average Bonchev–Trinajstić information content (AvgIpc) is 2.75. The number of nitrogens with one attached hydrogen (secondary N) is 2. The minimum Gasteiger partial charge on any atom is -0.494 e. The van der Waals surface area contributed by atoms with E-state index in [0.29, 0.717) is 22.9 Å². The number of halogens is 1. The molecule has 0 unspecified atom stereocenters. The van der Waals surface area contributed by atoms with E-state index in [-0.39, 0.29) is 13.1 Å². The fourth-order valence-corrected chi connectivity index (χ4v) is 2.60. The summed E-state index contributed by atoms with van der Waals surface area (Å²) in [6.45, 7) is 2.20. The average molecular weight is 433 g/mol. The molecule has 2 rings (SSSR count). The second-order valence-corrected chi connectivity index (χ2v) is 6.91. The third-order valence-corrected chi connectivity index (χ3v) is 4.25. The van der Waals surface area contributed by atoms with Crippen LogP contribution in [-0.4, -0.2) is 37.5 Å². The number of rotatable bonds is 11. The summed E-state index contributed by atoms with van der Waals surface area (Å²) in [5, 5.41) is 5.65. The van der Waals surface area contributed by atoms with E-state index >= 15 is 0 Å². The molecular formula is C22H25ClN2O5. The van der Waals surface area contributed by atoms with Gasteiger partial charge >= 0.3 is 5.97 Å². The van der Waals surface area contributed by atoms with Crippen LogP contribution in [0.15, 0.2) is 48.5 Å². The second kappa shape index (κ2) is 12.5. The molecular weight excluding hydrogens is 408 g/mol. The molecule has 0 heterocycles. The molecule has 0 bridgehead atoms. The van der Waals surface area contributed by atoms with Crippen molar-refractivity contribution >= 4 is 29.4 Å². The first-order valence-electron chi connectivity index (χ1n) is 9.65. The first-order valence-corrected chi connectivity index (χ1v) is 10.0. The lowest BCUT2D eigenvalue weighted by atomic mass is 10.2. The quantitative estimate of drug-likeness (QED) is 0.420. The molecule has 0 saturated carbocycles. The Balaban J connectivity index is 1.66. The van der Waals surface area contributed by atoms with Crippen LogP contribution in [0.4, 0.5) is 0 Å². The molecule has 8 heteroatoms. The Kier molecular flexibility index (Phi) is 9.67. The van der Waals surface area contributed by atoms with Crippen molar-refractivity contribution in [3.8, 4) is 5.75 Å². The molecule has 0 radical (unpaired) electrons. The number of carbonyl (C=O) groups excluding carboxylic acids is 3. The highest BCUT2D eigenvalue weighted by atomic mass is 35.5. The fourth-order valence-electron chi connectivity index (χ4n) is 2.39. The van der Waals surface area contributed by atoms with Gasteiger partial charge in [-0.1, -0.05) is 37.1 Å². The molecule has 0 saturated heterocycles. The Bertz CT molecular complexity index is 855. The van der Waals surface area contributed by atoms with Crippen LogP contribution in [0.25, 0.3) is 0 Å². The van der Waals surface area contributed by atoms with Crippen LogP contribution in [0, 0.1) is 0 Å². The zero-order chi connectivity index (χ0) is 21.8. The second-order valence-electron chi connectivity index (χ2n) is 6.48. The molecule has 0 spiro atoms. The van der Waals surface area contributed by atoms with E-state index in [0.717, 1.165) is 18.4 Å². The summed E-state index contributed by atoms with van der Waals surface area (Å²) in [4.78, 5) is 35.6. The van der Waals surface area contributed by atoms with Crippen LogP contribution in [0.3, 0.4) is 0 Å². The molecule has 0 aromatic heterocycles. The number of hydrogen-bond donors (Lipinski definition) is 2. The van der Waals surface area contributed by atoms with Crippen molar-refractivity contribution in [3.63, 3.8) is 0 Å². The van der Waals surface area contributed by atoms with Crippen molar-refractivity contribution in [2.24, 2.45) is 0 Å². The molecule has 2 amide bonds. The predicted octanol–water partition coefficient (Wildman–Crippen LogP) is 3.11. The van der Waals surface area contributed by atoms with Crippen molar-refractivity contribution < 1.29 is 23.9 Å². The Hall–Kier alpha value is -3.06. The number of carbonyl (C=O) groups is 3. The van der Waals surface area contributed by atoms with E-state index in [1.165, 1.54) is 0 Å². The van der Waals surface area contributed by atoms with Crippen LogP contribution in [-0.2, 0) is 20.9 Å². The zero-order valence-corrected chi connectivity index (χ0v) is 17.5. The Morgan fingerprint density at radius 2 is 1.80 bits per heavy atom. The van der Waals surface area contributed by atoms with Crippen LogP contribution in [0.1, 0.15) is 35.7 Å². The first kappa shape index (κ1) is 23.2. The highest BCUT2D eigenvalue weighted by Gasteiger charge is 2.11. The number of esters is 1. The third-order valence-electron chi connectivity index (χ3n) is 4.02. The standard InChI is InChI=1S/C22H25ClN2O5/c1-2-3-11-29-19-9-7-17(8-10-19)22(28)25-14-21(27)30-15-20(26)24-13-16-5-4-6-18(23)12-16/h4-10,12H,2-3,11,13-15H2,1H3,(H,24,26)(H,25,28). The van der Waals surface area contributed by atoms with Crippen molar-refractivity contribution in [3.05, 3.63) is 64.7 Å². The van der Waals surface area contributed by atoms with Gasteiger partial charge in [-0.15, -0.1) is 0 Å². The van der Waals surface area contributed by atoms with E-state index in [9.17, 15) is 14.4 Å². The number of hydrogen-bond acceptors (Lipinski definition) is 5. The maximum atomic E-state index is 12.1. The maximum Gasteiger partial charge on any atom is 0.325 e. The van der Waals surface area contributed by atoms with Gasteiger partial charge in [0.1, 0.15) is 12.3 Å². The van der Waals surface area contributed by atoms with Gasteiger partial charge in [0.2, 0.25) is 0 Å². The lowest BCUT2D eigenvalue weighted by Crippen LogP contribution is -2.33. The molecule has 0 fully saturated rings. The summed E-state index contributed by atoms with van der Waals surface area (Å²) in [5.41, 5.74) is 1.22. The summed E-state index contributed by atoms with van der Waals surface area (Å²) in [6.07, 6.45) is 2.00. The van der Waals surface area contributed by atoms with Gasteiger partial charge in [0.05, 0.1) is 6.61 Å². The van der Waals surface area contributed by atoms with Gasteiger partial charge in [-0.05, 0) is 48.4 Å². The molecule has 2 aromatic carbocycles. The van der Waals surface area contributed by atoms with E-state index in [4.69, 9.17) is 21.1 Å². The molecule has 0 aliphatic heterocycles. The Morgan fingerprint density at radius 1 is 1.03 bits per heavy atom. The molecule has 160 valence electrons. The highest BCUT2D eigenvalue weighted by Crippen LogP contribution is 2.13. The van der Waals surface area contributed by atoms with Gasteiger partial charge in [0.15, 0.2) is 6.61 Å². The summed E-state index contributed by atoms with van der Waals surface area (Å²) in [5.74, 6) is -0.894. The normalized spacial score (nSPS) is 10.2. The van der Waals surface area contributed by atoms with Crippen molar-refractivity contribution in [1.82, 2.24) is 10.6 Å². The number of benzene rings is 2. The number of amides is 2. The molecule has 0 aliphatic rings. The number of ether oxygens (including phenoxy) is 2. The van der Waals surface area contributed by atoms with Gasteiger partial charge < -0.3 is 20.1 Å². The third kappa shape index (κ3) is 8.53. The van der Waals surface area contributed by atoms with Crippen LogP contribution < -0.4 is 15.4 Å². The van der Waals surface area contributed by atoms with Crippen molar-refractivity contribution in [1.29, 1.82) is 0 Å². The predicted molar refractivity (Wildman–Crippen MR) is 113 cm³/mol. The highest BCUT2D eigenvalue weighted by molar-refractivity contribution is 6.30. The first-order chi connectivity index (χ1) is 14.5. The molecule has 2 N–H and O–H groups in total. The largest absolute Gasteiger partial charge is 0.494 e. The van der Waals surface area contributed by atoms with Crippen LogP contribution >= 0.6 is 11.6 Å². The van der Waals surface area contributed by atoms with Crippen LogP contribution in [0.5, 0.6) is 5.75 Å². The van der Waals surface area contributed by atoms with E-state index < -0.39 is 24.4 Å². The SMILES string of the molecule is CCCCOc1ccc(C(=O)NCC(=O)OCC(=O)NCc2cccc(Cl)c2)cc1. The topological polar surface area (TPSA) is 93.7 Å². The lowest BCUT2D eigenvalue weighted by Gasteiger charge is -2.09. The van der Waals surface area contributed by atoms with Gasteiger partial charge in [-0.3, -0.25) is 14.4 Å². The molecule has 0 atom stereocenters. The fraction of sp³-hybridized carbons (Fsp3) is 0.318. The summed E-state index contributed by atoms with van der Waals surface area (Å²) >= 11 is 5.88. The maximum absolute atomic E-state index is 12.1. The lowest BCUT2D eigenvalue weighted by molar-refractivity contribution is -0.147. The van der Waals surface area contributed by atoms with Gasteiger partial charge in [0.25, 0.3) is 11.8 Å².